The van der Waals surface area contributed by atoms with E-state index in [0.29, 0.717) is 10.6 Å². The molecule has 0 radical (unpaired) electrons. The first-order chi connectivity index (χ1) is 15.2. The Bertz CT molecular complexity index is 1320. The number of H-pyrrole nitrogens is 1. The highest BCUT2D eigenvalue weighted by molar-refractivity contribution is 7.82. The van der Waals surface area contributed by atoms with Crippen LogP contribution in [0.5, 0.6) is 11.5 Å². The van der Waals surface area contributed by atoms with Gasteiger partial charge in [-0.2, -0.15) is 0 Å². The van der Waals surface area contributed by atoms with Gasteiger partial charge < -0.3 is 9.57 Å². The molecule has 2 aromatic carbocycles. The minimum absolute atomic E-state index is 0.00408. The number of nitrogens with zero attached hydrogens (tertiary/aromatic N) is 1. The number of ether oxygens (including phenoxy) is 1. The van der Waals surface area contributed by atoms with E-state index in [1.54, 1.807) is 17.9 Å². The molecule has 0 aliphatic heterocycles. The number of aromatic amines is 1. The van der Waals surface area contributed by atoms with Crippen LogP contribution in [0.4, 0.5) is 0 Å². The van der Waals surface area contributed by atoms with Gasteiger partial charge in [0.15, 0.2) is 0 Å². The molecular weight excluding hydrogens is 422 g/mol. The van der Waals surface area contributed by atoms with Gasteiger partial charge in [-0.1, -0.05) is 32.9 Å². The summed E-state index contributed by atoms with van der Waals surface area (Å²) in [5.74, 6) is 1.40. The van der Waals surface area contributed by atoms with Crippen LogP contribution in [-0.2, 0) is 16.4 Å². The molecule has 32 heavy (non-hydrogen) atoms. The van der Waals surface area contributed by atoms with E-state index in [0.717, 1.165) is 33.6 Å². The van der Waals surface area contributed by atoms with Crippen LogP contribution in [0.25, 0.3) is 22.2 Å². The number of nitrogens with one attached hydrogen (secondary N) is 1. The molecule has 4 aromatic rings. The maximum Gasteiger partial charge on any atom is 0.326 e. The van der Waals surface area contributed by atoms with E-state index >= 15 is 0 Å². The van der Waals surface area contributed by atoms with Gasteiger partial charge in [-0.15, -0.1) is 0 Å². The number of nitrogens with two attached hydrogens (primary N) is 1. The van der Waals surface area contributed by atoms with Crippen LogP contribution in [0.2, 0.25) is 0 Å². The highest BCUT2D eigenvalue weighted by Crippen LogP contribution is 2.38. The predicted molar refractivity (Wildman–Crippen MR) is 127 cm³/mol. The molecule has 6 nitrogen and oxygen atoms in total. The van der Waals surface area contributed by atoms with Crippen LogP contribution in [-0.4, -0.2) is 16.3 Å². The molecule has 0 saturated carbocycles. The van der Waals surface area contributed by atoms with Crippen LogP contribution in [0.15, 0.2) is 65.7 Å². The molecule has 7 heteroatoms. The first-order valence-corrected chi connectivity index (χ1v) is 11.6. The van der Waals surface area contributed by atoms with Gasteiger partial charge in [-0.25, -0.2) is 14.3 Å². The summed E-state index contributed by atoms with van der Waals surface area (Å²) in [5.41, 5.74) is 4.64. The Hall–Kier alpha value is -3.16. The third-order valence-electron chi connectivity index (χ3n) is 5.48. The third kappa shape index (κ3) is 4.13. The average Bonchev–Trinajstić information content (AvgIpc) is 3.22. The van der Waals surface area contributed by atoms with E-state index in [2.05, 4.69) is 37.9 Å². The van der Waals surface area contributed by atoms with Crippen molar-refractivity contribution in [2.75, 3.05) is 7.11 Å². The molecule has 4 rings (SSSR count). The number of hydrogen-bond donors (Lipinski definition) is 2. The van der Waals surface area contributed by atoms with Crippen molar-refractivity contribution in [3.05, 3.63) is 72.1 Å². The molecule has 166 valence electrons. The van der Waals surface area contributed by atoms with Crippen molar-refractivity contribution in [1.29, 1.82) is 0 Å². The van der Waals surface area contributed by atoms with E-state index in [4.69, 9.17) is 14.7 Å². The topological polar surface area (TPSA) is 81.2 Å². The van der Waals surface area contributed by atoms with Gasteiger partial charge in [-0.05, 0) is 58.2 Å². The van der Waals surface area contributed by atoms with Gasteiger partial charge in [0.25, 0.3) is 0 Å². The molecule has 2 aromatic heterocycles. The van der Waals surface area contributed by atoms with Crippen molar-refractivity contribution in [2.45, 2.75) is 38.0 Å². The second-order valence-electron chi connectivity index (χ2n) is 8.75. The largest absolute Gasteiger partial charge is 0.457 e. The molecule has 0 aliphatic rings. The number of fused-ring (bicyclic) bond motifs is 1. The molecule has 1 unspecified atom stereocenters. The zero-order valence-electron chi connectivity index (χ0n) is 18.9. The Morgan fingerprint density at radius 3 is 2.50 bits per heavy atom. The maximum atomic E-state index is 12.1. The van der Waals surface area contributed by atoms with E-state index in [-0.39, 0.29) is 5.41 Å². The second kappa shape index (κ2) is 8.41. The van der Waals surface area contributed by atoms with E-state index in [1.165, 1.54) is 5.56 Å². The fourth-order valence-electron chi connectivity index (χ4n) is 3.81. The molecule has 2 heterocycles. The molecule has 0 spiro atoms. The molecule has 0 fully saturated rings. The van der Waals surface area contributed by atoms with Gasteiger partial charge in [0, 0.05) is 18.1 Å². The van der Waals surface area contributed by atoms with Crippen molar-refractivity contribution in [3.8, 4) is 22.6 Å². The van der Waals surface area contributed by atoms with E-state index < -0.39 is 11.0 Å². The van der Waals surface area contributed by atoms with Crippen molar-refractivity contribution in [2.24, 2.45) is 5.14 Å². The minimum Gasteiger partial charge on any atom is -0.457 e. The molecular formula is C25H28N3O3S+. The maximum absolute atomic E-state index is 12.1. The Morgan fingerprint density at radius 2 is 1.81 bits per heavy atom. The zero-order chi connectivity index (χ0) is 23.0. The third-order valence-corrected chi connectivity index (χ3v) is 6.19. The van der Waals surface area contributed by atoms with Crippen LogP contribution in [0.1, 0.15) is 32.0 Å². The highest BCUT2D eigenvalue weighted by atomic mass is 32.2. The number of rotatable bonds is 5. The monoisotopic (exact) mass is 450 g/mol. The summed E-state index contributed by atoms with van der Waals surface area (Å²) in [6, 6.07) is 17.5. The molecule has 0 saturated heterocycles. The minimum atomic E-state index is -1.61. The molecule has 0 bridgehead atoms. The van der Waals surface area contributed by atoms with Gasteiger partial charge >= 0.3 is 5.65 Å². The van der Waals surface area contributed by atoms with E-state index in [1.807, 2.05) is 49.5 Å². The van der Waals surface area contributed by atoms with Crippen LogP contribution < -0.4 is 19.4 Å². The average molecular weight is 451 g/mol. The van der Waals surface area contributed by atoms with Crippen molar-refractivity contribution >= 4 is 22.0 Å². The first-order valence-electron chi connectivity index (χ1n) is 10.4. The van der Waals surface area contributed by atoms with Crippen molar-refractivity contribution in [1.82, 2.24) is 4.98 Å². The van der Waals surface area contributed by atoms with Crippen LogP contribution in [0, 0.1) is 6.92 Å². The van der Waals surface area contributed by atoms with E-state index in [9.17, 15) is 4.21 Å². The Morgan fingerprint density at radius 1 is 1.03 bits per heavy atom. The number of benzene rings is 2. The molecule has 1 atom stereocenters. The second-order valence-corrected chi connectivity index (χ2v) is 9.82. The number of aromatic nitrogens is 2. The summed E-state index contributed by atoms with van der Waals surface area (Å²) in [5, 5.41) is 6.65. The summed E-state index contributed by atoms with van der Waals surface area (Å²) >= 11 is 0. The molecule has 3 N–H and O–H groups in total. The lowest BCUT2D eigenvalue weighted by Crippen LogP contribution is -2.44. The highest BCUT2D eigenvalue weighted by Gasteiger charge is 2.22. The Balaban J connectivity index is 1.90. The Labute approximate surface area is 190 Å². The summed E-state index contributed by atoms with van der Waals surface area (Å²) < 4.78 is 20.2. The van der Waals surface area contributed by atoms with Gasteiger partial charge in [0.1, 0.15) is 35.3 Å². The van der Waals surface area contributed by atoms with Gasteiger partial charge in [0.05, 0.1) is 16.5 Å². The Kier molecular flexibility index (Phi) is 5.79. The first kappa shape index (κ1) is 22.0. The smallest absolute Gasteiger partial charge is 0.326 e. The van der Waals surface area contributed by atoms with Crippen LogP contribution in [0.3, 0.4) is 0 Å². The van der Waals surface area contributed by atoms with Crippen LogP contribution >= 0.6 is 0 Å². The summed E-state index contributed by atoms with van der Waals surface area (Å²) in [6.45, 7) is 8.47. The summed E-state index contributed by atoms with van der Waals surface area (Å²) in [7, 11) is 0.0150. The quantitative estimate of drug-likeness (QED) is 0.437. The fourth-order valence-corrected chi connectivity index (χ4v) is 4.25. The number of pyridine rings is 1. The van der Waals surface area contributed by atoms with Gasteiger partial charge in [0.2, 0.25) is 0 Å². The lowest BCUT2D eigenvalue weighted by atomic mass is 9.87. The standard InChI is InChI=1S/C25H27N3O3S/c1-16-13-21(20-11-12-27-24(20)28(16)30-5)22-15-19(32(26)29)9-10-23(22)31-18-8-6-7-17(14-18)25(2,3)4/h6-15H,26H2,1-5H3/p+1. The molecule has 0 amide bonds. The lowest BCUT2D eigenvalue weighted by Gasteiger charge is -2.20. The van der Waals surface area contributed by atoms with Gasteiger partial charge in [-0.3, -0.25) is 0 Å². The fraction of sp³-hybridized carbons (Fsp3) is 0.240. The predicted octanol–water partition coefficient (Wildman–Crippen LogP) is 4.56. The SMILES string of the molecule is CO[n+]1c(C)cc(-c2cc(S(N)=O)ccc2Oc2cccc(C(C)(C)C)c2)c2cc[nH]c21. The van der Waals surface area contributed by atoms with Crippen molar-refractivity contribution in [3.63, 3.8) is 0 Å². The number of hydrogen-bond acceptors (Lipinski definition) is 3. The number of aryl methyl sites for hydroxylation is 1. The lowest BCUT2D eigenvalue weighted by molar-refractivity contribution is -0.870. The molecule has 0 aliphatic carbocycles. The summed E-state index contributed by atoms with van der Waals surface area (Å²) in [6.07, 6.45) is 1.86. The normalized spacial score (nSPS) is 12.7. The van der Waals surface area contributed by atoms with Crippen molar-refractivity contribution < 1.29 is 18.5 Å². The zero-order valence-corrected chi connectivity index (χ0v) is 19.7. The summed E-state index contributed by atoms with van der Waals surface area (Å²) in [4.78, 5) is 9.29.